The van der Waals surface area contributed by atoms with E-state index in [9.17, 15) is 5.26 Å². The van der Waals surface area contributed by atoms with E-state index in [-0.39, 0.29) is 5.54 Å². The quantitative estimate of drug-likeness (QED) is 0.740. The molecule has 0 bridgehead atoms. The summed E-state index contributed by atoms with van der Waals surface area (Å²) < 4.78 is 0. The van der Waals surface area contributed by atoms with Crippen LogP contribution in [0.1, 0.15) is 59.8 Å². The monoisotopic (exact) mass is 279 g/mol. The second-order valence-corrected chi connectivity index (χ2v) is 6.78. The minimum Gasteiger partial charge on any atom is -0.303 e. The van der Waals surface area contributed by atoms with Gasteiger partial charge in [0.1, 0.15) is 5.54 Å². The van der Waals surface area contributed by atoms with Crippen molar-refractivity contribution in [1.82, 2.24) is 10.2 Å². The summed E-state index contributed by atoms with van der Waals surface area (Å²) in [5.41, 5.74) is -0.303. The maximum atomic E-state index is 9.50. The second-order valence-electron chi connectivity index (χ2n) is 6.78. The zero-order valence-corrected chi connectivity index (χ0v) is 13.9. The number of hydrogen-bond donors (Lipinski definition) is 1. The highest BCUT2D eigenvalue weighted by Crippen LogP contribution is 2.22. The average molecular weight is 279 g/mol. The first-order chi connectivity index (χ1) is 9.55. The van der Waals surface area contributed by atoms with E-state index in [4.69, 9.17) is 0 Å². The van der Waals surface area contributed by atoms with Crippen molar-refractivity contribution in [2.24, 2.45) is 11.8 Å². The summed E-state index contributed by atoms with van der Waals surface area (Å²) in [7, 11) is 0. The molecule has 20 heavy (non-hydrogen) atoms. The Morgan fingerprint density at radius 3 is 2.40 bits per heavy atom. The molecule has 1 aliphatic heterocycles. The van der Waals surface area contributed by atoms with Crippen molar-refractivity contribution in [3.8, 4) is 6.07 Å². The van der Waals surface area contributed by atoms with Gasteiger partial charge >= 0.3 is 0 Å². The van der Waals surface area contributed by atoms with Gasteiger partial charge in [0.25, 0.3) is 0 Å². The van der Waals surface area contributed by atoms with Crippen LogP contribution < -0.4 is 5.32 Å². The first kappa shape index (κ1) is 17.5. The molecule has 1 N–H and O–H groups in total. The third kappa shape index (κ3) is 5.42. The van der Waals surface area contributed by atoms with Gasteiger partial charge in [-0.2, -0.15) is 5.26 Å². The van der Waals surface area contributed by atoms with Gasteiger partial charge in [0, 0.05) is 13.1 Å². The molecule has 1 heterocycles. The van der Waals surface area contributed by atoms with E-state index in [1.165, 1.54) is 19.5 Å². The predicted molar refractivity (Wildman–Crippen MR) is 85.5 cm³/mol. The Balaban J connectivity index is 2.38. The number of likely N-dealkylation sites (tertiary alicyclic amines) is 1. The molecule has 1 saturated heterocycles. The highest BCUT2D eigenvalue weighted by atomic mass is 15.1. The molecule has 1 fully saturated rings. The Hall–Kier alpha value is -0.590. The summed E-state index contributed by atoms with van der Waals surface area (Å²) in [5, 5.41) is 13.0. The Morgan fingerprint density at radius 2 is 1.90 bits per heavy atom. The van der Waals surface area contributed by atoms with Gasteiger partial charge in [-0.1, -0.05) is 27.7 Å². The molecular weight excluding hydrogens is 246 g/mol. The predicted octanol–water partition coefficient (Wildman–Crippen LogP) is 3.42. The van der Waals surface area contributed by atoms with Gasteiger partial charge < -0.3 is 4.90 Å². The Labute approximate surface area is 125 Å². The van der Waals surface area contributed by atoms with Crippen LogP contribution in [0.2, 0.25) is 0 Å². The van der Waals surface area contributed by atoms with Crippen molar-refractivity contribution < 1.29 is 0 Å². The topological polar surface area (TPSA) is 39.1 Å². The number of nitrogens with one attached hydrogen (secondary N) is 1. The molecule has 0 aromatic heterocycles. The Morgan fingerprint density at radius 1 is 1.25 bits per heavy atom. The van der Waals surface area contributed by atoms with Crippen LogP contribution in [0.3, 0.4) is 0 Å². The van der Waals surface area contributed by atoms with Crippen molar-refractivity contribution in [2.75, 3.05) is 26.2 Å². The van der Waals surface area contributed by atoms with Crippen LogP contribution in [0, 0.1) is 23.2 Å². The van der Waals surface area contributed by atoms with Crippen LogP contribution in [0.15, 0.2) is 0 Å². The molecule has 0 saturated carbocycles. The molecule has 116 valence electrons. The summed E-state index contributed by atoms with van der Waals surface area (Å²) >= 11 is 0. The van der Waals surface area contributed by atoms with E-state index in [2.05, 4.69) is 44.0 Å². The van der Waals surface area contributed by atoms with Crippen molar-refractivity contribution in [3.05, 3.63) is 0 Å². The SMILES string of the molecule is CCCNC(C#N)(CC)CCCN1CC(C)CC(C)C1. The lowest BCUT2D eigenvalue weighted by atomic mass is 9.90. The fourth-order valence-corrected chi connectivity index (χ4v) is 3.51. The first-order valence-corrected chi connectivity index (χ1v) is 8.43. The molecule has 1 rings (SSSR count). The zero-order valence-electron chi connectivity index (χ0n) is 13.9. The number of nitrogens with zero attached hydrogens (tertiary/aromatic N) is 2. The van der Waals surface area contributed by atoms with Gasteiger partial charge in [0.2, 0.25) is 0 Å². The number of piperidine rings is 1. The average Bonchev–Trinajstić information content (AvgIpc) is 2.42. The minimum absolute atomic E-state index is 0.303. The summed E-state index contributed by atoms with van der Waals surface area (Å²) in [6, 6.07) is 2.53. The maximum Gasteiger partial charge on any atom is 0.106 e. The highest BCUT2D eigenvalue weighted by molar-refractivity contribution is 5.06. The third-order valence-corrected chi connectivity index (χ3v) is 4.55. The molecule has 0 aliphatic carbocycles. The van der Waals surface area contributed by atoms with Gasteiger partial charge in [-0.25, -0.2) is 0 Å². The maximum absolute atomic E-state index is 9.50. The lowest BCUT2D eigenvalue weighted by molar-refractivity contribution is 0.136. The van der Waals surface area contributed by atoms with Gasteiger partial charge in [-0.3, -0.25) is 5.32 Å². The largest absolute Gasteiger partial charge is 0.303 e. The molecule has 0 aromatic rings. The molecular formula is C17H33N3. The molecule has 0 spiro atoms. The van der Waals surface area contributed by atoms with Crippen LogP contribution in [-0.2, 0) is 0 Å². The van der Waals surface area contributed by atoms with Crippen LogP contribution in [-0.4, -0.2) is 36.6 Å². The van der Waals surface area contributed by atoms with Crippen LogP contribution >= 0.6 is 0 Å². The number of hydrogen-bond acceptors (Lipinski definition) is 3. The highest BCUT2D eigenvalue weighted by Gasteiger charge is 2.27. The standard InChI is InChI=1S/C17H33N3/c1-5-9-19-17(6-2,14-18)8-7-10-20-12-15(3)11-16(4)13-20/h15-16,19H,5-13H2,1-4H3. The van der Waals surface area contributed by atoms with Crippen molar-refractivity contribution in [3.63, 3.8) is 0 Å². The van der Waals surface area contributed by atoms with Crippen LogP contribution in [0.25, 0.3) is 0 Å². The second kappa shape index (κ2) is 8.64. The number of rotatable bonds is 8. The Kier molecular flexibility index (Phi) is 7.55. The molecule has 3 atom stereocenters. The fraction of sp³-hybridized carbons (Fsp3) is 0.941. The number of nitriles is 1. The smallest absolute Gasteiger partial charge is 0.106 e. The lowest BCUT2D eigenvalue weighted by Gasteiger charge is -2.35. The molecule has 1 aliphatic rings. The lowest BCUT2D eigenvalue weighted by Crippen LogP contribution is -2.45. The van der Waals surface area contributed by atoms with Crippen molar-refractivity contribution >= 4 is 0 Å². The van der Waals surface area contributed by atoms with Crippen LogP contribution in [0.5, 0.6) is 0 Å². The summed E-state index contributed by atoms with van der Waals surface area (Å²) in [6.07, 6.45) is 5.45. The first-order valence-electron chi connectivity index (χ1n) is 8.43. The minimum atomic E-state index is -0.303. The van der Waals surface area contributed by atoms with E-state index >= 15 is 0 Å². The van der Waals surface area contributed by atoms with E-state index in [0.717, 1.165) is 50.6 Å². The van der Waals surface area contributed by atoms with E-state index in [0.29, 0.717) is 0 Å². The summed E-state index contributed by atoms with van der Waals surface area (Å²) in [6.45, 7) is 13.5. The van der Waals surface area contributed by atoms with E-state index in [1.807, 2.05) is 0 Å². The molecule has 3 nitrogen and oxygen atoms in total. The molecule has 0 aromatic carbocycles. The molecule has 0 radical (unpaired) electrons. The summed E-state index contributed by atoms with van der Waals surface area (Å²) in [5.74, 6) is 1.65. The van der Waals surface area contributed by atoms with E-state index < -0.39 is 0 Å². The molecule has 0 amide bonds. The summed E-state index contributed by atoms with van der Waals surface area (Å²) in [4.78, 5) is 2.59. The molecule has 3 heteroatoms. The van der Waals surface area contributed by atoms with Gasteiger partial charge in [-0.05, 0) is 57.0 Å². The van der Waals surface area contributed by atoms with Gasteiger partial charge in [-0.15, -0.1) is 0 Å². The van der Waals surface area contributed by atoms with E-state index in [1.54, 1.807) is 0 Å². The fourth-order valence-electron chi connectivity index (χ4n) is 3.51. The third-order valence-electron chi connectivity index (χ3n) is 4.55. The van der Waals surface area contributed by atoms with Crippen LogP contribution in [0.4, 0.5) is 0 Å². The normalized spacial score (nSPS) is 26.9. The zero-order chi connectivity index (χ0) is 15.0. The van der Waals surface area contributed by atoms with Gasteiger partial charge in [0.05, 0.1) is 6.07 Å². The molecule has 3 unspecified atom stereocenters. The van der Waals surface area contributed by atoms with Crippen molar-refractivity contribution in [1.29, 1.82) is 5.26 Å². The van der Waals surface area contributed by atoms with Gasteiger partial charge in [0.15, 0.2) is 0 Å². The Bertz CT molecular complexity index is 300. The van der Waals surface area contributed by atoms with Crippen molar-refractivity contribution in [2.45, 2.75) is 65.3 Å².